The Morgan fingerprint density at radius 1 is 1.09 bits per heavy atom. The Balaban J connectivity index is 1.30. The number of benzene rings is 1. The highest BCUT2D eigenvalue weighted by molar-refractivity contribution is 7.13. The molecule has 1 aromatic carbocycles. The maximum absolute atomic E-state index is 13.0. The van der Waals surface area contributed by atoms with E-state index in [1.165, 1.54) is 22.5 Å². The number of methoxy groups -OCH3 is 2. The fourth-order valence-corrected chi connectivity index (χ4v) is 5.03. The second kappa shape index (κ2) is 9.24. The van der Waals surface area contributed by atoms with Crippen LogP contribution in [0.2, 0.25) is 0 Å². The fourth-order valence-electron chi connectivity index (χ4n) is 4.23. The molecule has 1 fully saturated rings. The second-order valence-corrected chi connectivity index (χ2v) is 8.77. The molecule has 2 aliphatic rings. The van der Waals surface area contributed by atoms with E-state index in [1.807, 2.05) is 18.2 Å². The summed E-state index contributed by atoms with van der Waals surface area (Å²) in [5, 5.41) is 8.96. The lowest BCUT2D eigenvalue weighted by atomic mass is 10.1. The van der Waals surface area contributed by atoms with E-state index in [0.717, 1.165) is 37.0 Å². The molecule has 1 saturated heterocycles. The first kappa shape index (κ1) is 21.5. The molecule has 2 aromatic heterocycles. The molecule has 2 aliphatic heterocycles. The second-order valence-electron chi connectivity index (χ2n) is 7.93. The monoisotopic (exact) mass is 466 g/mol. The van der Waals surface area contributed by atoms with Gasteiger partial charge in [-0.25, -0.2) is 4.98 Å². The van der Waals surface area contributed by atoms with E-state index in [0.29, 0.717) is 36.0 Å². The first-order chi connectivity index (χ1) is 16.2. The van der Waals surface area contributed by atoms with Crippen molar-refractivity contribution in [1.82, 2.24) is 15.3 Å². The number of nitrogens with zero attached hydrogens (tertiary/aromatic N) is 4. The van der Waals surface area contributed by atoms with Gasteiger partial charge in [0.2, 0.25) is 0 Å². The van der Waals surface area contributed by atoms with Crippen molar-refractivity contribution in [3.05, 3.63) is 52.8 Å². The van der Waals surface area contributed by atoms with E-state index >= 15 is 0 Å². The van der Waals surface area contributed by atoms with Gasteiger partial charge in [-0.1, -0.05) is 0 Å². The Kier molecular flexibility index (Phi) is 6.01. The maximum atomic E-state index is 13.0. The average molecular weight is 467 g/mol. The summed E-state index contributed by atoms with van der Waals surface area (Å²) in [6.07, 6.45) is 3.45. The van der Waals surface area contributed by atoms with E-state index < -0.39 is 0 Å². The average Bonchev–Trinajstić information content (AvgIpc) is 3.51. The molecule has 0 saturated carbocycles. The highest BCUT2D eigenvalue weighted by Gasteiger charge is 2.25. The van der Waals surface area contributed by atoms with Crippen LogP contribution in [0.3, 0.4) is 0 Å². The first-order valence-corrected chi connectivity index (χ1v) is 11.7. The molecule has 0 bridgehead atoms. The predicted molar refractivity (Wildman–Crippen MR) is 129 cm³/mol. The molecule has 0 aliphatic carbocycles. The standard InChI is InChI=1S/C23H26N6O3S/c1-31-20-9-15-12-29(13-16(15)10-21(20)32-2)23-27-18(14-33-23)22(30)26-17-11-25-4-3-19(17)28-7-5-24-6-8-28/h3-4,9-11,14,24H,5-8,12-13H2,1-2H3,(H,26,30). The van der Waals surface area contributed by atoms with E-state index in [1.54, 1.807) is 32.0 Å². The zero-order chi connectivity index (χ0) is 22.8. The minimum Gasteiger partial charge on any atom is -0.493 e. The molecule has 2 N–H and O–H groups in total. The Labute approximate surface area is 196 Å². The maximum Gasteiger partial charge on any atom is 0.275 e. The minimum absolute atomic E-state index is 0.234. The third-order valence-corrected chi connectivity index (χ3v) is 6.83. The van der Waals surface area contributed by atoms with Gasteiger partial charge in [0.15, 0.2) is 16.6 Å². The molecule has 0 spiro atoms. The van der Waals surface area contributed by atoms with Gasteiger partial charge in [0.05, 0.1) is 31.8 Å². The van der Waals surface area contributed by atoms with Crippen LogP contribution in [0.5, 0.6) is 11.5 Å². The number of thiazole rings is 1. The lowest BCUT2D eigenvalue weighted by Gasteiger charge is -2.30. The summed E-state index contributed by atoms with van der Waals surface area (Å²) < 4.78 is 10.9. The molecule has 1 amide bonds. The van der Waals surface area contributed by atoms with Gasteiger partial charge in [0.25, 0.3) is 5.91 Å². The molecule has 0 radical (unpaired) electrons. The van der Waals surface area contributed by atoms with Crippen molar-refractivity contribution < 1.29 is 14.3 Å². The van der Waals surface area contributed by atoms with Crippen LogP contribution in [0.15, 0.2) is 36.0 Å². The number of nitrogens with one attached hydrogen (secondary N) is 2. The van der Waals surface area contributed by atoms with Gasteiger partial charge in [-0.15, -0.1) is 11.3 Å². The molecule has 9 nitrogen and oxygen atoms in total. The third-order valence-electron chi connectivity index (χ3n) is 5.93. The predicted octanol–water partition coefficient (Wildman–Crippen LogP) is 2.74. The van der Waals surface area contributed by atoms with Gasteiger partial charge >= 0.3 is 0 Å². The van der Waals surface area contributed by atoms with Gasteiger partial charge in [-0.2, -0.15) is 0 Å². The van der Waals surface area contributed by atoms with Crippen LogP contribution in [-0.4, -0.2) is 56.3 Å². The Morgan fingerprint density at radius 3 is 2.45 bits per heavy atom. The van der Waals surface area contributed by atoms with E-state index in [2.05, 4.69) is 30.4 Å². The highest BCUT2D eigenvalue weighted by Crippen LogP contribution is 2.37. The summed E-state index contributed by atoms with van der Waals surface area (Å²) in [5.74, 6) is 1.20. The lowest BCUT2D eigenvalue weighted by Crippen LogP contribution is -2.43. The number of fused-ring (bicyclic) bond motifs is 1. The molecule has 0 unspecified atom stereocenters. The zero-order valence-corrected chi connectivity index (χ0v) is 19.4. The molecule has 5 rings (SSSR count). The number of piperazine rings is 1. The SMILES string of the molecule is COc1cc2c(cc1OC)CN(c1nc(C(=O)Nc3cnccc3N3CCNCC3)cs1)C2. The normalized spacial score (nSPS) is 15.3. The van der Waals surface area contributed by atoms with Crippen LogP contribution < -0.4 is 29.9 Å². The summed E-state index contributed by atoms with van der Waals surface area (Å²) >= 11 is 1.47. The van der Waals surface area contributed by atoms with Crippen molar-refractivity contribution in [3.63, 3.8) is 0 Å². The smallest absolute Gasteiger partial charge is 0.275 e. The van der Waals surface area contributed by atoms with Crippen LogP contribution in [0.4, 0.5) is 16.5 Å². The summed E-state index contributed by atoms with van der Waals surface area (Å²) in [6, 6.07) is 5.96. The Hall–Kier alpha value is -3.37. The minimum atomic E-state index is -0.234. The number of hydrogen-bond acceptors (Lipinski definition) is 9. The van der Waals surface area contributed by atoms with Gasteiger partial charge in [0, 0.05) is 50.8 Å². The molecular weight excluding hydrogens is 440 g/mol. The van der Waals surface area contributed by atoms with Crippen molar-refractivity contribution in [2.75, 3.05) is 55.5 Å². The summed E-state index contributed by atoms with van der Waals surface area (Å²) in [7, 11) is 3.27. The lowest BCUT2D eigenvalue weighted by molar-refractivity contribution is 0.102. The Morgan fingerprint density at radius 2 is 1.79 bits per heavy atom. The van der Waals surface area contributed by atoms with Crippen molar-refractivity contribution in [2.45, 2.75) is 13.1 Å². The van der Waals surface area contributed by atoms with Gasteiger partial charge < -0.3 is 29.9 Å². The number of amides is 1. The van der Waals surface area contributed by atoms with Crippen molar-refractivity contribution in [2.24, 2.45) is 0 Å². The van der Waals surface area contributed by atoms with Gasteiger partial charge in [-0.05, 0) is 29.3 Å². The third kappa shape index (κ3) is 4.31. The largest absolute Gasteiger partial charge is 0.493 e. The van der Waals surface area contributed by atoms with E-state index in [9.17, 15) is 4.79 Å². The Bertz CT molecular complexity index is 1130. The molecule has 172 valence electrons. The number of carbonyl (C=O) groups is 1. The molecular formula is C23H26N6O3S. The van der Waals surface area contributed by atoms with Crippen molar-refractivity contribution >= 4 is 33.8 Å². The van der Waals surface area contributed by atoms with Crippen LogP contribution >= 0.6 is 11.3 Å². The quantitative estimate of drug-likeness (QED) is 0.573. The van der Waals surface area contributed by atoms with Crippen LogP contribution in [-0.2, 0) is 13.1 Å². The number of hydrogen-bond donors (Lipinski definition) is 2. The number of anilines is 3. The number of pyridine rings is 1. The zero-order valence-electron chi connectivity index (χ0n) is 18.6. The van der Waals surface area contributed by atoms with Gasteiger partial charge in [0.1, 0.15) is 5.69 Å². The topological polar surface area (TPSA) is 91.9 Å². The van der Waals surface area contributed by atoms with Crippen molar-refractivity contribution in [3.8, 4) is 11.5 Å². The molecule has 0 atom stereocenters. The van der Waals surface area contributed by atoms with Crippen molar-refractivity contribution in [1.29, 1.82) is 0 Å². The number of rotatable bonds is 6. The van der Waals surface area contributed by atoms with Crippen LogP contribution in [0.1, 0.15) is 21.6 Å². The van der Waals surface area contributed by atoms with Gasteiger partial charge in [-0.3, -0.25) is 9.78 Å². The summed E-state index contributed by atoms with van der Waals surface area (Å²) in [5.41, 5.74) is 4.42. The number of aromatic nitrogens is 2. The number of ether oxygens (including phenoxy) is 2. The van der Waals surface area contributed by atoms with Crippen LogP contribution in [0, 0.1) is 0 Å². The van der Waals surface area contributed by atoms with Crippen LogP contribution in [0.25, 0.3) is 0 Å². The first-order valence-electron chi connectivity index (χ1n) is 10.8. The summed E-state index contributed by atoms with van der Waals surface area (Å²) in [4.78, 5) is 26.2. The highest BCUT2D eigenvalue weighted by atomic mass is 32.1. The molecule has 3 aromatic rings. The summed E-state index contributed by atoms with van der Waals surface area (Å²) in [6.45, 7) is 5.03. The van der Waals surface area contributed by atoms with E-state index in [4.69, 9.17) is 9.47 Å². The fraction of sp³-hybridized carbons (Fsp3) is 0.348. The van der Waals surface area contributed by atoms with E-state index in [-0.39, 0.29) is 5.91 Å². The molecule has 10 heteroatoms. The molecule has 4 heterocycles. The number of carbonyl (C=O) groups excluding carboxylic acids is 1. The molecule has 33 heavy (non-hydrogen) atoms.